The molecule has 0 aliphatic heterocycles. The van der Waals surface area contributed by atoms with Crippen LogP contribution in [0.2, 0.25) is 0 Å². The number of amides is 1. The average molecular weight is 353 g/mol. The van der Waals surface area contributed by atoms with E-state index in [0.717, 1.165) is 0 Å². The van der Waals surface area contributed by atoms with Crippen LogP contribution in [-0.2, 0) is 0 Å². The van der Waals surface area contributed by atoms with Crippen LogP contribution in [0, 0.1) is 0 Å². The number of carbonyl (C=O) groups is 1. The third-order valence-corrected chi connectivity index (χ3v) is 3.02. The van der Waals surface area contributed by atoms with Crippen molar-refractivity contribution in [1.82, 2.24) is 5.43 Å². The van der Waals surface area contributed by atoms with Crippen molar-refractivity contribution in [3.05, 3.63) is 46.3 Å². The number of carbonyl (C=O) groups excluding carboxylic acids is 1. The van der Waals surface area contributed by atoms with Gasteiger partial charge in [0.2, 0.25) is 0 Å². The van der Waals surface area contributed by atoms with E-state index >= 15 is 0 Å². The van der Waals surface area contributed by atoms with E-state index in [1.54, 1.807) is 30.3 Å². The maximum atomic E-state index is 11.9. The van der Waals surface area contributed by atoms with Crippen molar-refractivity contribution < 1.29 is 18.7 Å². The van der Waals surface area contributed by atoms with E-state index in [9.17, 15) is 4.79 Å². The molecule has 1 heterocycles. The fraction of sp³-hybridized carbons (Fsp3) is 0.143. The van der Waals surface area contributed by atoms with Gasteiger partial charge in [0, 0.05) is 5.56 Å². The first-order valence-electron chi connectivity index (χ1n) is 5.95. The SMILES string of the molecule is COc1ccc(C(=O)NN=Cc2ccc(Br)o2)cc1OC. The second kappa shape index (κ2) is 6.94. The molecule has 0 aliphatic rings. The molecule has 1 aromatic heterocycles. The quantitative estimate of drug-likeness (QED) is 0.663. The lowest BCUT2D eigenvalue weighted by Gasteiger charge is -2.08. The summed E-state index contributed by atoms with van der Waals surface area (Å²) in [5, 5.41) is 3.82. The molecule has 1 N–H and O–H groups in total. The number of hydrogen-bond donors (Lipinski definition) is 1. The number of nitrogens with zero attached hydrogens (tertiary/aromatic N) is 1. The zero-order valence-corrected chi connectivity index (χ0v) is 13.0. The van der Waals surface area contributed by atoms with Crippen LogP contribution in [0.1, 0.15) is 16.1 Å². The summed E-state index contributed by atoms with van der Waals surface area (Å²) in [5.74, 6) is 1.19. The molecule has 0 spiro atoms. The smallest absolute Gasteiger partial charge is 0.271 e. The maximum absolute atomic E-state index is 11.9. The lowest BCUT2D eigenvalue weighted by molar-refractivity contribution is 0.0954. The van der Waals surface area contributed by atoms with E-state index in [4.69, 9.17) is 13.9 Å². The molecular weight excluding hydrogens is 340 g/mol. The average Bonchev–Trinajstić information content (AvgIpc) is 2.91. The summed E-state index contributed by atoms with van der Waals surface area (Å²) in [6.07, 6.45) is 1.41. The molecule has 0 radical (unpaired) electrons. The number of hydrazone groups is 1. The number of benzene rings is 1. The van der Waals surface area contributed by atoms with E-state index in [-0.39, 0.29) is 5.91 Å². The number of methoxy groups -OCH3 is 2. The van der Waals surface area contributed by atoms with Crippen molar-refractivity contribution >= 4 is 28.1 Å². The minimum absolute atomic E-state index is 0.363. The largest absolute Gasteiger partial charge is 0.493 e. The molecule has 110 valence electrons. The van der Waals surface area contributed by atoms with Gasteiger partial charge in [0.1, 0.15) is 5.76 Å². The van der Waals surface area contributed by atoms with E-state index in [2.05, 4.69) is 26.5 Å². The van der Waals surface area contributed by atoms with Crippen molar-refractivity contribution in [2.24, 2.45) is 5.10 Å². The molecule has 6 nitrogen and oxygen atoms in total. The standard InChI is InChI=1S/C14H13BrN2O4/c1-19-11-5-3-9(7-12(11)20-2)14(18)17-16-8-10-4-6-13(15)21-10/h3-8H,1-2H3,(H,17,18). The Balaban J connectivity index is 2.05. The normalized spacial score (nSPS) is 10.6. The van der Waals surface area contributed by atoms with Gasteiger partial charge in [-0.25, -0.2) is 5.43 Å². The third kappa shape index (κ3) is 3.85. The highest BCUT2D eigenvalue weighted by Crippen LogP contribution is 2.27. The number of ether oxygens (including phenoxy) is 2. The van der Waals surface area contributed by atoms with Crippen molar-refractivity contribution in [2.75, 3.05) is 14.2 Å². The molecule has 7 heteroatoms. The summed E-state index contributed by atoms with van der Waals surface area (Å²) in [6.45, 7) is 0. The summed E-state index contributed by atoms with van der Waals surface area (Å²) >= 11 is 3.18. The summed E-state index contributed by atoms with van der Waals surface area (Å²) in [7, 11) is 3.04. The second-order valence-electron chi connectivity index (χ2n) is 3.91. The molecule has 0 aliphatic carbocycles. The van der Waals surface area contributed by atoms with E-state index in [0.29, 0.717) is 27.5 Å². The molecule has 0 saturated carbocycles. The molecular formula is C14H13BrN2O4. The minimum Gasteiger partial charge on any atom is -0.493 e. The molecule has 0 fully saturated rings. The van der Waals surface area contributed by atoms with Crippen LogP contribution in [0.3, 0.4) is 0 Å². The molecule has 0 atom stereocenters. The van der Waals surface area contributed by atoms with Gasteiger partial charge in [0.15, 0.2) is 16.2 Å². The maximum Gasteiger partial charge on any atom is 0.271 e. The highest BCUT2D eigenvalue weighted by molar-refractivity contribution is 9.10. The van der Waals surface area contributed by atoms with Crippen molar-refractivity contribution in [3.63, 3.8) is 0 Å². The fourth-order valence-corrected chi connectivity index (χ4v) is 1.91. The van der Waals surface area contributed by atoms with E-state index < -0.39 is 0 Å². The van der Waals surface area contributed by atoms with Crippen molar-refractivity contribution in [2.45, 2.75) is 0 Å². The molecule has 21 heavy (non-hydrogen) atoms. The van der Waals surface area contributed by atoms with Gasteiger partial charge in [0.05, 0.1) is 20.4 Å². The number of hydrogen-bond acceptors (Lipinski definition) is 5. The number of halogens is 1. The summed E-state index contributed by atoms with van der Waals surface area (Å²) < 4.78 is 16.1. The highest BCUT2D eigenvalue weighted by Gasteiger charge is 2.09. The Morgan fingerprint density at radius 2 is 2.00 bits per heavy atom. The Morgan fingerprint density at radius 1 is 1.24 bits per heavy atom. The van der Waals surface area contributed by atoms with Crippen LogP contribution in [0.5, 0.6) is 11.5 Å². The third-order valence-electron chi connectivity index (χ3n) is 2.60. The van der Waals surface area contributed by atoms with Crippen LogP contribution in [0.4, 0.5) is 0 Å². The molecule has 1 aromatic carbocycles. The first-order valence-corrected chi connectivity index (χ1v) is 6.74. The Kier molecular flexibility index (Phi) is 4.99. The fourth-order valence-electron chi connectivity index (χ4n) is 1.59. The lowest BCUT2D eigenvalue weighted by Crippen LogP contribution is -2.17. The Hall–Kier alpha value is -2.28. The van der Waals surface area contributed by atoms with Crippen LogP contribution in [0.25, 0.3) is 0 Å². The van der Waals surface area contributed by atoms with Gasteiger partial charge in [-0.2, -0.15) is 5.10 Å². The van der Waals surface area contributed by atoms with Gasteiger partial charge >= 0.3 is 0 Å². The Morgan fingerprint density at radius 3 is 2.62 bits per heavy atom. The Labute approximate surface area is 129 Å². The monoisotopic (exact) mass is 352 g/mol. The zero-order chi connectivity index (χ0) is 15.2. The predicted octanol–water partition coefficient (Wildman–Crippen LogP) is 2.82. The minimum atomic E-state index is -0.363. The molecule has 0 saturated heterocycles. The summed E-state index contributed by atoms with van der Waals surface area (Å²) in [5.41, 5.74) is 2.81. The van der Waals surface area contributed by atoms with Crippen molar-refractivity contribution in [1.29, 1.82) is 0 Å². The van der Waals surface area contributed by atoms with Crippen LogP contribution in [-0.4, -0.2) is 26.3 Å². The van der Waals surface area contributed by atoms with E-state index in [1.165, 1.54) is 20.4 Å². The molecule has 2 rings (SSSR count). The number of nitrogens with one attached hydrogen (secondary N) is 1. The predicted molar refractivity (Wildman–Crippen MR) is 81.0 cm³/mol. The number of rotatable bonds is 5. The Bertz CT molecular complexity index is 667. The van der Waals surface area contributed by atoms with Gasteiger partial charge in [0.25, 0.3) is 5.91 Å². The first kappa shape index (κ1) is 15.1. The van der Waals surface area contributed by atoms with Gasteiger partial charge < -0.3 is 13.9 Å². The van der Waals surface area contributed by atoms with Crippen LogP contribution in [0.15, 0.2) is 44.5 Å². The van der Waals surface area contributed by atoms with Gasteiger partial charge in [-0.3, -0.25) is 4.79 Å². The molecule has 1 amide bonds. The van der Waals surface area contributed by atoms with Crippen molar-refractivity contribution in [3.8, 4) is 11.5 Å². The van der Waals surface area contributed by atoms with Crippen LogP contribution < -0.4 is 14.9 Å². The molecule has 0 bridgehead atoms. The summed E-state index contributed by atoms with van der Waals surface area (Å²) in [4.78, 5) is 11.9. The topological polar surface area (TPSA) is 73.1 Å². The molecule has 0 unspecified atom stereocenters. The zero-order valence-electron chi connectivity index (χ0n) is 11.4. The van der Waals surface area contributed by atoms with Crippen LogP contribution >= 0.6 is 15.9 Å². The summed E-state index contributed by atoms with van der Waals surface area (Å²) in [6, 6.07) is 8.30. The van der Waals surface area contributed by atoms with Gasteiger partial charge in [-0.05, 0) is 46.3 Å². The second-order valence-corrected chi connectivity index (χ2v) is 4.69. The van der Waals surface area contributed by atoms with Gasteiger partial charge in [-0.1, -0.05) is 0 Å². The van der Waals surface area contributed by atoms with Gasteiger partial charge in [-0.15, -0.1) is 0 Å². The van der Waals surface area contributed by atoms with E-state index in [1.807, 2.05) is 0 Å². The highest BCUT2D eigenvalue weighted by atomic mass is 79.9. The molecule has 2 aromatic rings. The number of furan rings is 1. The lowest BCUT2D eigenvalue weighted by atomic mass is 10.2. The first-order chi connectivity index (χ1) is 10.1.